The Balaban J connectivity index is 1.25. The van der Waals surface area contributed by atoms with Gasteiger partial charge in [-0.15, -0.1) is 15.3 Å². The molecule has 11 heteroatoms. The quantitative estimate of drug-likeness (QED) is 0.147. The molecule has 0 saturated heterocycles. The zero-order chi connectivity index (χ0) is 27.0. The fourth-order valence-corrected chi connectivity index (χ4v) is 4.00. The SMILES string of the molecule is CCCCc1ccc(Oc2ccc(-c3nnc(CO/N=C(/c4ccccc4)c4nnnn4C)o3)cc2Cl)cc1. The molecule has 0 radical (unpaired) electrons. The van der Waals surface area contributed by atoms with Gasteiger partial charge >= 0.3 is 0 Å². The third kappa shape index (κ3) is 6.47. The molecule has 0 fully saturated rings. The Morgan fingerprint density at radius 3 is 2.54 bits per heavy atom. The highest BCUT2D eigenvalue weighted by Crippen LogP contribution is 2.33. The molecule has 0 aliphatic rings. The predicted octanol–water partition coefficient (Wildman–Crippen LogP) is 6.02. The van der Waals surface area contributed by atoms with Crippen molar-refractivity contribution in [2.24, 2.45) is 12.2 Å². The lowest BCUT2D eigenvalue weighted by molar-refractivity contribution is 0.111. The van der Waals surface area contributed by atoms with E-state index in [0.717, 1.165) is 17.7 Å². The van der Waals surface area contributed by atoms with Crippen LogP contribution in [-0.2, 0) is 24.9 Å². The number of halogens is 1. The van der Waals surface area contributed by atoms with Gasteiger partial charge in [-0.25, -0.2) is 4.68 Å². The molecule has 0 aliphatic heterocycles. The Bertz CT molecular complexity index is 1550. The smallest absolute Gasteiger partial charge is 0.257 e. The number of benzene rings is 3. The first-order chi connectivity index (χ1) is 19.1. The van der Waals surface area contributed by atoms with E-state index >= 15 is 0 Å². The number of tetrazole rings is 1. The highest BCUT2D eigenvalue weighted by Gasteiger charge is 2.16. The van der Waals surface area contributed by atoms with E-state index in [0.29, 0.717) is 33.8 Å². The van der Waals surface area contributed by atoms with E-state index in [1.54, 1.807) is 19.2 Å². The van der Waals surface area contributed by atoms with Gasteiger partial charge in [0.15, 0.2) is 12.3 Å². The standard InChI is InChI=1S/C28H26ClN7O3/c1-3-4-8-19-11-14-22(15-12-19)38-24-16-13-21(17-23(24)29)28-32-30-25(39-28)18-37-33-26(20-9-6-5-7-10-20)27-31-34-35-36(27)2/h5-7,9-17H,3-4,8,18H2,1-2H3/b33-26-. The minimum Gasteiger partial charge on any atom is -0.456 e. The average molecular weight is 544 g/mol. The van der Waals surface area contributed by atoms with Crippen LogP contribution >= 0.6 is 11.6 Å². The summed E-state index contributed by atoms with van der Waals surface area (Å²) in [7, 11) is 1.73. The molecular formula is C28H26ClN7O3. The maximum absolute atomic E-state index is 6.50. The van der Waals surface area contributed by atoms with Gasteiger partial charge in [0.2, 0.25) is 11.7 Å². The maximum Gasteiger partial charge on any atom is 0.257 e. The molecule has 2 heterocycles. The van der Waals surface area contributed by atoms with E-state index in [-0.39, 0.29) is 12.5 Å². The summed E-state index contributed by atoms with van der Waals surface area (Å²) >= 11 is 6.50. The molecule has 0 aliphatic carbocycles. The predicted molar refractivity (Wildman–Crippen MR) is 146 cm³/mol. The molecule has 0 amide bonds. The van der Waals surface area contributed by atoms with Crippen molar-refractivity contribution >= 4 is 17.3 Å². The van der Waals surface area contributed by atoms with Gasteiger partial charge in [0.05, 0.1) is 5.02 Å². The molecule has 5 rings (SSSR count). The Morgan fingerprint density at radius 1 is 1.00 bits per heavy atom. The number of nitrogens with zero attached hydrogens (tertiary/aromatic N) is 7. The summed E-state index contributed by atoms with van der Waals surface area (Å²) in [5, 5.41) is 24.4. The second-order valence-electron chi connectivity index (χ2n) is 8.70. The van der Waals surface area contributed by atoms with E-state index < -0.39 is 0 Å². The van der Waals surface area contributed by atoms with Crippen LogP contribution in [0.5, 0.6) is 11.5 Å². The van der Waals surface area contributed by atoms with Gasteiger partial charge in [-0.05, 0) is 59.2 Å². The van der Waals surface area contributed by atoms with Crippen LogP contribution in [0.15, 0.2) is 82.4 Å². The molecule has 198 valence electrons. The summed E-state index contributed by atoms with van der Waals surface area (Å²) in [5.74, 6) is 2.25. The van der Waals surface area contributed by atoms with Crippen LogP contribution in [0, 0.1) is 0 Å². The lowest BCUT2D eigenvalue weighted by Gasteiger charge is -2.09. The molecule has 5 aromatic rings. The Morgan fingerprint density at radius 2 is 1.82 bits per heavy atom. The minimum absolute atomic E-state index is 0.0439. The molecule has 39 heavy (non-hydrogen) atoms. The molecule has 0 spiro atoms. The van der Waals surface area contributed by atoms with Crippen LogP contribution in [0.3, 0.4) is 0 Å². The first-order valence-corrected chi connectivity index (χ1v) is 12.9. The number of aryl methyl sites for hydroxylation is 2. The Labute approximate surface area is 230 Å². The molecule has 10 nitrogen and oxygen atoms in total. The average Bonchev–Trinajstić information content (AvgIpc) is 3.61. The third-order valence-electron chi connectivity index (χ3n) is 5.84. The normalized spacial score (nSPS) is 11.5. The van der Waals surface area contributed by atoms with Gasteiger partial charge in [0, 0.05) is 18.2 Å². The first kappa shape index (κ1) is 26.1. The monoisotopic (exact) mass is 543 g/mol. The van der Waals surface area contributed by atoms with Crippen molar-refractivity contribution in [2.75, 3.05) is 0 Å². The number of hydrogen-bond donors (Lipinski definition) is 0. The summed E-state index contributed by atoms with van der Waals surface area (Å²) in [6, 6.07) is 22.8. The molecule has 0 N–H and O–H groups in total. The van der Waals surface area contributed by atoms with Crippen molar-refractivity contribution < 1.29 is 14.0 Å². The zero-order valence-corrected chi connectivity index (χ0v) is 22.2. The van der Waals surface area contributed by atoms with Crippen molar-refractivity contribution in [3.8, 4) is 23.0 Å². The zero-order valence-electron chi connectivity index (χ0n) is 21.5. The topological polar surface area (TPSA) is 113 Å². The van der Waals surface area contributed by atoms with E-state index in [1.165, 1.54) is 23.1 Å². The fourth-order valence-electron chi connectivity index (χ4n) is 3.78. The number of ether oxygens (including phenoxy) is 1. The van der Waals surface area contributed by atoms with Gasteiger partial charge in [-0.3, -0.25) is 0 Å². The Hall–Kier alpha value is -4.57. The van der Waals surface area contributed by atoms with Crippen LogP contribution in [0.2, 0.25) is 5.02 Å². The van der Waals surface area contributed by atoms with Crippen LogP contribution in [0.1, 0.15) is 42.6 Å². The van der Waals surface area contributed by atoms with E-state index in [9.17, 15) is 0 Å². The summed E-state index contributed by atoms with van der Waals surface area (Å²) in [6.07, 6.45) is 3.39. The summed E-state index contributed by atoms with van der Waals surface area (Å²) < 4.78 is 13.2. The summed E-state index contributed by atoms with van der Waals surface area (Å²) in [4.78, 5) is 5.54. The maximum atomic E-state index is 6.50. The number of unbranched alkanes of at least 4 members (excludes halogenated alkanes) is 1. The van der Waals surface area contributed by atoms with Gasteiger partial charge in [-0.2, -0.15) is 0 Å². The number of oxime groups is 1. The van der Waals surface area contributed by atoms with Crippen LogP contribution in [-0.4, -0.2) is 36.1 Å². The van der Waals surface area contributed by atoms with Gasteiger partial charge < -0.3 is 14.0 Å². The van der Waals surface area contributed by atoms with Gasteiger partial charge in [0.1, 0.15) is 11.5 Å². The van der Waals surface area contributed by atoms with Crippen molar-refractivity contribution in [1.29, 1.82) is 0 Å². The lowest BCUT2D eigenvalue weighted by Crippen LogP contribution is -2.12. The second kappa shape index (κ2) is 12.3. The fraction of sp³-hybridized carbons (Fsp3) is 0.214. The minimum atomic E-state index is -0.0439. The molecule has 0 bridgehead atoms. The highest BCUT2D eigenvalue weighted by atomic mass is 35.5. The van der Waals surface area contributed by atoms with Gasteiger partial charge in [-0.1, -0.05) is 72.6 Å². The van der Waals surface area contributed by atoms with E-state index in [2.05, 4.69) is 49.9 Å². The van der Waals surface area contributed by atoms with E-state index in [4.69, 9.17) is 25.6 Å². The van der Waals surface area contributed by atoms with Crippen molar-refractivity contribution in [3.05, 3.63) is 101 Å². The van der Waals surface area contributed by atoms with Crippen LogP contribution < -0.4 is 4.74 Å². The third-order valence-corrected chi connectivity index (χ3v) is 6.13. The number of rotatable bonds is 11. The molecule has 0 saturated carbocycles. The van der Waals surface area contributed by atoms with Crippen molar-refractivity contribution in [1.82, 2.24) is 30.4 Å². The Kier molecular flexibility index (Phi) is 8.23. The largest absolute Gasteiger partial charge is 0.456 e. The van der Waals surface area contributed by atoms with Crippen LogP contribution in [0.25, 0.3) is 11.5 Å². The number of hydrogen-bond acceptors (Lipinski definition) is 9. The van der Waals surface area contributed by atoms with Crippen molar-refractivity contribution in [2.45, 2.75) is 32.8 Å². The van der Waals surface area contributed by atoms with E-state index in [1.807, 2.05) is 48.5 Å². The first-order valence-electron chi connectivity index (χ1n) is 12.5. The molecule has 2 aromatic heterocycles. The highest BCUT2D eigenvalue weighted by molar-refractivity contribution is 6.32. The lowest BCUT2D eigenvalue weighted by atomic mass is 10.1. The molecule has 0 unspecified atom stereocenters. The molecule has 3 aromatic carbocycles. The molecular weight excluding hydrogens is 518 g/mol. The summed E-state index contributed by atoms with van der Waals surface area (Å²) in [6.45, 7) is 2.14. The summed E-state index contributed by atoms with van der Waals surface area (Å²) in [5.41, 5.74) is 3.21. The second-order valence-corrected chi connectivity index (χ2v) is 9.11. The van der Waals surface area contributed by atoms with Gasteiger partial charge in [0.25, 0.3) is 5.89 Å². The molecule has 0 atom stereocenters. The number of aromatic nitrogens is 6. The van der Waals surface area contributed by atoms with Crippen LogP contribution in [0.4, 0.5) is 0 Å². The van der Waals surface area contributed by atoms with Crippen molar-refractivity contribution in [3.63, 3.8) is 0 Å².